The van der Waals surface area contributed by atoms with Gasteiger partial charge < -0.3 is 14.2 Å². The van der Waals surface area contributed by atoms with Crippen LogP contribution in [0, 0.1) is 0 Å². The smallest absolute Gasteiger partial charge is 0.333 e. The molecule has 0 aliphatic heterocycles. The second kappa shape index (κ2) is 9.36. The minimum Gasteiger partial charge on any atom is -0.460 e. The molecule has 0 radical (unpaired) electrons. The lowest BCUT2D eigenvalue weighted by Gasteiger charge is -2.16. The summed E-state index contributed by atoms with van der Waals surface area (Å²) < 4.78 is 15.7. The molecule has 0 aliphatic rings. The first-order valence-corrected chi connectivity index (χ1v) is 5.63. The zero-order valence-electron chi connectivity index (χ0n) is 10.5. The summed E-state index contributed by atoms with van der Waals surface area (Å²) in [5.41, 5.74) is 0.403. The van der Waals surface area contributed by atoms with E-state index in [1.54, 1.807) is 6.92 Å². The maximum Gasteiger partial charge on any atom is 0.333 e. The van der Waals surface area contributed by atoms with Crippen molar-refractivity contribution in [2.75, 3.05) is 26.4 Å². The summed E-state index contributed by atoms with van der Waals surface area (Å²) in [6.45, 7) is 11.1. The molecule has 4 nitrogen and oxygen atoms in total. The minimum atomic E-state index is -0.374. The standard InChI is InChI=1S/C12H22O4/c1-5-14-8-7-11(15-6-2)9-16-12(13)10(3)4/h11H,3,5-9H2,1-2,4H3. The van der Waals surface area contributed by atoms with Gasteiger partial charge in [0.25, 0.3) is 0 Å². The minimum absolute atomic E-state index is 0.0974. The van der Waals surface area contributed by atoms with E-state index in [-0.39, 0.29) is 18.7 Å². The monoisotopic (exact) mass is 230 g/mol. The Hall–Kier alpha value is -0.870. The number of carbonyl (C=O) groups is 1. The van der Waals surface area contributed by atoms with Gasteiger partial charge in [0.15, 0.2) is 0 Å². The number of carbonyl (C=O) groups excluding carboxylic acids is 1. The van der Waals surface area contributed by atoms with Crippen LogP contribution in [-0.2, 0) is 19.0 Å². The Bertz CT molecular complexity index is 213. The van der Waals surface area contributed by atoms with Crippen LogP contribution in [0.2, 0.25) is 0 Å². The van der Waals surface area contributed by atoms with Gasteiger partial charge in [0.2, 0.25) is 0 Å². The summed E-state index contributed by atoms with van der Waals surface area (Å²) in [7, 11) is 0. The third-order valence-corrected chi connectivity index (χ3v) is 1.94. The molecule has 0 aliphatic carbocycles. The van der Waals surface area contributed by atoms with Gasteiger partial charge in [0.1, 0.15) is 6.61 Å². The highest BCUT2D eigenvalue weighted by Gasteiger charge is 2.12. The number of esters is 1. The summed E-state index contributed by atoms with van der Waals surface area (Å²) in [6, 6.07) is 0. The molecule has 0 N–H and O–H groups in total. The van der Waals surface area contributed by atoms with Crippen LogP contribution in [0.5, 0.6) is 0 Å². The first kappa shape index (κ1) is 15.1. The molecule has 0 aromatic rings. The number of hydrogen-bond donors (Lipinski definition) is 0. The number of ether oxygens (including phenoxy) is 3. The largest absolute Gasteiger partial charge is 0.460 e. The van der Waals surface area contributed by atoms with Crippen molar-refractivity contribution in [1.82, 2.24) is 0 Å². The Morgan fingerprint density at radius 3 is 2.50 bits per heavy atom. The van der Waals surface area contributed by atoms with Crippen LogP contribution >= 0.6 is 0 Å². The first-order chi connectivity index (χ1) is 7.61. The highest BCUT2D eigenvalue weighted by Crippen LogP contribution is 2.02. The number of hydrogen-bond acceptors (Lipinski definition) is 4. The van der Waals surface area contributed by atoms with E-state index in [1.807, 2.05) is 13.8 Å². The highest BCUT2D eigenvalue weighted by atomic mass is 16.6. The van der Waals surface area contributed by atoms with Crippen molar-refractivity contribution in [3.63, 3.8) is 0 Å². The van der Waals surface area contributed by atoms with E-state index in [4.69, 9.17) is 14.2 Å². The van der Waals surface area contributed by atoms with Gasteiger partial charge in [-0.25, -0.2) is 4.79 Å². The lowest BCUT2D eigenvalue weighted by Crippen LogP contribution is -2.24. The van der Waals surface area contributed by atoms with E-state index >= 15 is 0 Å². The normalized spacial score (nSPS) is 12.2. The summed E-state index contributed by atoms with van der Waals surface area (Å²) in [5.74, 6) is -0.374. The second-order valence-corrected chi connectivity index (χ2v) is 3.44. The van der Waals surface area contributed by atoms with Crippen molar-refractivity contribution in [1.29, 1.82) is 0 Å². The number of rotatable bonds is 9. The molecule has 4 heteroatoms. The van der Waals surface area contributed by atoms with Crippen molar-refractivity contribution in [3.8, 4) is 0 Å². The van der Waals surface area contributed by atoms with Gasteiger partial charge in [-0.2, -0.15) is 0 Å². The summed E-state index contributed by atoms with van der Waals surface area (Å²) >= 11 is 0. The maximum absolute atomic E-state index is 11.2. The molecule has 0 heterocycles. The second-order valence-electron chi connectivity index (χ2n) is 3.44. The van der Waals surface area contributed by atoms with Gasteiger partial charge in [-0.1, -0.05) is 6.58 Å². The zero-order chi connectivity index (χ0) is 12.4. The van der Waals surface area contributed by atoms with E-state index in [0.717, 1.165) is 6.42 Å². The molecule has 0 spiro atoms. The van der Waals surface area contributed by atoms with Gasteiger partial charge >= 0.3 is 5.97 Å². The summed E-state index contributed by atoms with van der Waals surface area (Å²) in [4.78, 5) is 11.2. The SMILES string of the molecule is C=C(C)C(=O)OCC(CCOCC)OCC. The van der Waals surface area contributed by atoms with E-state index in [0.29, 0.717) is 25.4 Å². The Morgan fingerprint density at radius 1 is 1.31 bits per heavy atom. The molecule has 1 atom stereocenters. The van der Waals surface area contributed by atoms with Crippen molar-refractivity contribution in [2.24, 2.45) is 0 Å². The Kier molecular flexibility index (Phi) is 8.85. The highest BCUT2D eigenvalue weighted by molar-refractivity contribution is 5.86. The molecule has 0 amide bonds. The van der Waals surface area contributed by atoms with Gasteiger partial charge in [-0.3, -0.25) is 0 Å². The van der Waals surface area contributed by atoms with Gasteiger partial charge in [0.05, 0.1) is 6.10 Å². The predicted octanol–water partition coefficient (Wildman–Crippen LogP) is 1.94. The average molecular weight is 230 g/mol. The van der Waals surface area contributed by atoms with Crippen molar-refractivity contribution < 1.29 is 19.0 Å². The van der Waals surface area contributed by atoms with Crippen LogP contribution in [0.25, 0.3) is 0 Å². The van der Waals surface area contributed by atoms with Crippen molar-refractivity contribution >= 4 is 5.97 Å². The molecule has 16 heavy (non-hydrogen) atoms. The Morgan fingerprint density at radius 2 is 2.00 bits per heavy atom. The maximum atomic E-state index is 11.2. The van der Waals surface area contributed by atoms with E-state index in [9.17, 15) is 4.79 Å². The third-order valence-electron chi connectivity index (χ3n) is 1.94. The molecule has 0 rings (SSSR count). The first-order valence-electron chi connectivity index (χ1n) is 5.63. The summed E-state index contributed by atoms with van der Waals surface area (Å²) in [5, 5.41) is 0. The van der Waals surface area contributed by atoms with Gasteiger partial charge in [-0.15, -0.1) is 0 Å². The molecular formula is C12H22O4. The molecule has 0 saturated heterocycles. The Labute approximate surface area is 97.6 Å². The fraction of sp³-hybridized carbons (Fsp3) is 0.750. The van der Waals surface area contributed by atoms with Gasteiger partial charge in [0, 0.05) is 31.8 Å². The summed E-state index contributed by atoms with van der Waals surface area (Å²) in [6.07, 6.45) is 0.630. The van der Waals surface area contributed by atoms with Crippen molar-refractivity contribution in [3.05, 3.63) is 12.2 Å². The Balaban J connectivity index is 3.83. The van der Waals surface area contributed by atoms with Crippen LogP contribution < -0.4 is 0 Å². The fourth-order valence-corrected chi connectivity index (χ4v) is 1.10. The predicted molar refractivity (Wildman–Crippen MR) is 62.3 cm³/mol. The van der Waals surface area contributed by atoms with Crippen LogP contribution in [0.15, 0.2) is 12.2 Å². The molecule has 0 aromatic heterocycles. The van der Waals surface area contributed by atoms with E-state index < -0.39 is 0 Å². The van der Waals surface area contributed by atoms with Crippen LogP contribution in [0.4, 0.5) is 0 Å². The van der Waals surface area contributed by atoms with E-state index in [2.05, 4.69) is 6.58 Å². The quantitative estimate of drug-likeness (QED) is 0.345. The lowest BCUT2D eigenvalue weighted by atomic mass is 10.3. The fourth-order valence-electron chi connectivity index (χ4n) is 1.10. The molecule has 94 valence electrons. The topological polar surface area (TPSA) is 44.8 Å². The average Bonchev–Trinajstić information content (AvgIpc) is 2.25. The lowest BCUT2D eigenvalue weighted by molar-refractivity contribution is -0.143. The molecule has 0 aromatic carbocycles. The molecule has 0 saturated carbocycles. The van der Waals surface area contributed by atoms with E-state index in [1.165, 1.54) is 0 Å². The van der Waals surface area contributed by atoms with Crippen LogP contribution in [0.3, 0.4) is 0 Å². The van der Waals surface area contributed by atoms with Crippen molar-refractivity contribution in [2.45, 2.75) is 33.3 Å². The van der Waals surface area contributed by atoms with Crippen LogP contribution in [-0.4, -0.2) is 38.5 Å². The molecular weight excluding hydrogens is 208 g/mol. The van der Waals surface area contributed by atoms with Gasteiger partial charge in [-0.05, 0) is 20.8 Å². The van der Waals surface area contributed by atoms with Crippen LogP contribution in [0.1, 0.15) is 27.2 Å². The molecule has 0 fully saturated rings. The molecule has 1 unspecified atom stereocenters. The zero-order valence-corrected chi connectivity index (χ0v) is 10.5. The molecule has 0 bridgehead atoms. The third kappa shape index (κ3) is 7.43.